The van der Waals surface area contributed by atoms with Crippen LogP contribution < -0.4 is 0 Å². The summed E-state index contributed by atoms with van der Waals surface area (Å²) in [6.45, 7) is 2.03. The lowest BCUT2D eigenvalue weighted by molar-refractivity contribution is 0.570. The van der Waals surface area contributed by atoms with Gasteiger partial charge in [0.15, 0.2) is 27.2 Å². The minimum atomic E-state index is -3.21. The molecular weight excluding hydrogens is 364 g/mol. The number of rotatable bonds is 5. The number of aromatic nitrogens is 4. The molecule has 8 heteroatoms. The SMILES string of the molecule is CC(c1ccc(S(C)(=O)=O)cc1)n1ccnc1-c1ccc(-c2ccn[nH]2)o1. The summed E-state index contributed by atoms with van der Waals surface area (Å²) in [7, 11) is -3.21. The molecule has 0 aliphatic carbocycles. The van der Waals surface area contributed by atoms with E-state index in [1.807, 2.05) is 48.0 Å². The zero-order valence-corrected chi connectivity index (χ0v) is 15.6. The van der Waals surface area contributed by atoms with Crippen molar-refractivity contribution in [1.29, 1.82) is 0 Å². The van der Waals surface area contributed by atoms with Crippen LogP contribution >= 0.6 is 0 Å². The predicted molar refractivity (Wildman–Crippen MR) is 101 cm³/mol. The van der Waals surface area contributed by atoms with Gasteiger partial charge in [-0.25, -0.2) is 13.4 Å². The highest BCUT2D eigenvalue weighted by Crippen LogP contribution is 2.30. The number of hydrogen-bond donors (Lipinski definition) is 1. The summed E-state index contributed by atoms with van der Waals surface area (Å²) < 4.78 is 31.2. The second-order valence-electron chi connectivity index (χ2n) is 6.31. The lowest BCUT2D eigenvalue weighted by Gasteiger charge is -2.16. The van der Waals surface area contributed by atoms with E-state index < -0.39 is 9.84 Å². The van der Waals surface area contributed by atoms with Crippen LogP contribution in [-0.2, 0) is 9.84 Å². The predicted octanol–water partition coefficient (Wildman–Crippen LogP) is 3.55. The Morgan fingerprint density at radius 3 is 2.44 bits per heavy atom. The third kappa shape index (κ3) is 3.31. The second kappa shape index (κ2) is 6.55. The summed E-state index contributed by atoms with van der Waals surface area (Å²) in [5.41, 5.74) is 1.77. The van der Waals surface area contributed by atoms with Crippen LogP contribution in [0.3, 0.4) is 0 Å². The van der Waals surface area contributed by atoms with Crippen molar-refractivity contribution in [1.82, 2.24) is 19.7 Å². The van der Waals surface area contributed by atoms with Crippen molar-refractivity contribution in [3.8, 4) is 23.0 Å². The van der Waals surface area contributed by atoms with Crippen molar-refractivity contribution in [2.24, 2.45) is 0 Å². The van der Waals surface area contributed by atoms with Crippen LogP contribution in [0, 0.1) is 0 Å². The number of aromatic amines is 1. The summed E-state index contributed by atoms with van der Waals surface area (Å²) in [6.07, 6.45) is 6.46. The van der Waals surface area contributed by atoms with Crippen molar-refractivity contribution < 1.29 is 12.8 Å². The molecule has 138 valence electrons. The van der Waals surface area contributed by atoms with Crippen LogP contribution in [0.15, 0.2) is 70.4 Å². The smallest absolute Gasteiger partial charge is 0.176 e. The van der Waals surface area contributed by atoms with E-state index in [9.17, 15) is 8.42 Å². The Hall–Kier alpha value is -3.13. The lowest BCUT2D eigenvalue weighted by atomic mass is 10.1. The fourth-order valence-electron chi connectivity index (χ4n) is 2.97. The van der Waals surface area contributed by atoms with Gasteiger partial charge in [0.05, 0.1) is 10.9 Å². The molecule has 0 aliphatic rings. The molecule has 1 atom stereocenters. The maximum Gasteiger partial charge on any atom is 0.176 e. The highest BCUT2D eigenvalue weighted by molar-refractivity contribution is 7.90. The van der Waals surface area contributed by atoms with E-state index in [-0.39, 0.29) is 6.04 Å². The van der Waals surface area contributed by atoms with Gasteiger partial charge < -0.3 is 8.98 Å². The summed E-state index contributed by atoms with van der Waals surface area (Å²) in [4.78, 5) is 4.74. The minimum absolute atomic E-state index is 0.0446. The third-order valence-corrected chi connectivity index (χ3v) is 5.60. The van der Waals surface area contributed by atoms with Crippen LogP contribution in [0.5, 0.6) is 0 Å². The van der Waals surface area contributed by atoms with Crippen LogP contribution in [-0.4, -0.2) is 34.4 Å². The molecule has 0 bridgehead atoms. The highest BCUT2D eigenvalue weighted by Gasteiger charge is 2.17. The molecule has 0 fully saturated rings. The monoisotopic (exact) mass is 382 g/mol. The summed E-state index contributed by atoms with van der Waals surface area (Å²) in [5, 5.41) is 6.80. The molecule has 0 amide bonds. The van der Waals surface area contributed by atoms with Crippen LogP contribution in [0.25, 0.3) is 23.0 Å². The number of H-pyrrole nitrogens is 1. The first-order chi connectivity index (χ1) is 12.9. The molecule has 4 aromatic rings. The van der Waals surface area contributed by atoms with Crippen molar-refractivity contribution in [2.75, 3.05) is 6.26 Å². The molecule has 0 radical (unpaired) electrons. The van der Waals surface area contributed by atoms with Crippen molar-refractivity contribution in [2.45, 2.75) is 17.9 Å². The van der Waals surface area contributed by atoms with Gasteiger partial charge >= 0.3 is 0 Å². The number of furan rings is 1. The number of benzene rings is 1. The molecule has 4 rings (SSSR count). The molecule has 0 aliphatic heterocycles. The quantitative estimate of drug-likeness (QED) is 0.570. The molecule has 1 aromatic carbocycles. The van der Waals surface area contributed by atoms with Crippen molar-refractivity contribution in [3.05, 3.63) is 66.6 Å². The van der Waals surface area contributed by atoms with Gasteiger partial charge in [0, 0.05) is 24.8 Å². The average molecular weight is 382 g/mol. The van der Waals surface area contributed by atoms with E-state index in [2.05, 4.69) is 15.2 Å². The van der Waals surface area contributed by atoms with Crippen molar-refractivity contribution in [3.63, 3.8) is 0 Å². The molecule has 0 saturated heterocycles. The van der Waals surface area contributed by atoms with E-state index in [4.69, 9.17) is 4.42 Å². The summed E-state index contributed by atoms with van der Waals surface area (Å²) >= 11 is 0. The Labute approximate surface area is 156 Å². The maximum atomic E-state index is 11.6. The molecule has 7 nitrogen and oxygen atoms in total. The standard InChI is InChI=1S/C19H18N4O3S/c1-13(14-3-5-15(6-4-14)27(2,24)25)23-12-11-20-19(23)18-8-7-17(26-18)16-9-10-21-22-16/h3-13H,1-2H3,(H,21,22). The summed E-state index contributed by atoms with van der Waals surface area (Å²) in [5.74, 6) is 2.02. The van der Waals surface area contributed by atoms with Gasteiger partial charge in [-0.15, -0.1) is 0 Å². The van der Waals surface area contributed by atoms with Gasteiger partial charge in [0.2, 0.25) is 0 Å². The number of sulfone groups is 1. The molecular formula is C19H18N4O3S. The van der Waals surface area contributed by atoms with E-state index in [0.717, 1.165) is 11.3 Å². The van der Waals surface area contributed by atoms with E-state index in [0.29, 0.717) is 22.2 Å². The molecule has 3 aromatic heterocycles. The summed E-state index contributed by atoms with van der Waals surface area (Å²) in [6, 6.07) is 12.4. The first-order valence-corrected chi connectivity index (χ1v) is 10.3. The molecule has 0 saturated carbocycles. The molecule has 1 unspecified atom stereocenters. The minimum Gasteiger partial charge on any atom is -0.451 e. The van der Waals surface area contributed by atoms with Crippen molar-refractivity contribution >= 4 is 9.84 Å². The normalized spacial score (nSPS) is 13.0. The molecule has 0 spiro atoms. The molecule has 27 heavy (non-hydrogen) atoms. The van der Waals surface area contributed by atoms with Gasteiger partial charge in [0.25, 0.3) is 0 Å². The zero-order chi connectivity index (χ0) is 19.0. The van der Waals surface area contributed by atoms with Gasteiger partial charge in [-0.3, -0.25) is 5.10 Å². The van der Waals surface area contributed by atoms with Gasteiger partial charge in [-0.2, -0.15) is 5.10 Å². The average Bonchev–Trinajstić information content (AvgIpc) is 3.40. The first-order valence-electron chi connectivity index (χ1n) is 8.36. The Morgan fingerprint density at radius 1 is 1.04 bits per heavy atom. The number of hydrogen-bond acceptors (Lipinski definition) is 5. The fraction of sp³-hybridized carbons (Fsp3) is 0.158. The van der Waals surface area contributed by atoms with Gasteiger partial charge in [-0.05, 0) is 42.8 Å². The lowest BCUT2D eigenvalue weighted by Crippen LogP contribution is -2.08. The number of nitrogens with zero attached hydrogens (tertiary/aromatic N) is 3. The maximum absolute atomic E-state index is 11.6. The van der Waals surface area contributed by atoms with E-state index in [1.54, 1.807) is 24.5 Å². The second-order valence-corrected chi connectivity index (χ2v) is 8.33. The Bertz CT molecular complexity index is 1160. The number of nitrogens with one attached hydrogen (secondary N) is 1. The number of imidazole rings is 1. The fourth-order valence-corrected chi connectivity index (χ4v) is 3.60. The topological polar surface area (TPSA) is 93.8 Å². The molecule has 3 heterocycles. The zero-order valence-electron chi connectivity index (χ0n) is 14.8. The Morgan fingerprint density at radius 2 is 1.78 bits per heavy atom. The Kier molecular flexibility index (Phi) is 4.19. The van der Waals surface area contributed by atoms with Gasteiger partial charge in [0.1, 0.15) is 5.69 Å². The molecule has 1 N–H and O–H groups in total. The third-order valence-electron chi connectivity index (χ3n) is 4.47. The van der Waals surface area contributed by atoms with Crippen LogP contribution in [0.4, 0.5) is 0 Å². The van der Waals surface area contributed by atoms with Crippen LogP contribution in [0.1, 0.15) is 18.5 Å². The Balaban J connectivity index is 1.65. The van der Waals surface area contributed by atoms with Gasteiger partial charge in [-0.1, -0.05) is 12.1 Å². The van der Waals surface area contributed by atoms with E-state index >= 15 is 0 Å². The largest absolute Gasteiger partial charge is 0.451 e. The highest BCUT2D eigenvalue weighted by atomic mass is 32.2. The van der Waals surface area contributed by atoms with Crippen LogP contribution in [0.2, 0.25) is 0 Å². The van der Waals surface area contributed by atoms with E-state index in [1.165, 1.54) is 6.26 Å². The first kappa shape index (κ1) is 17.3.